The number of benzene rings is 1. The molecule has 0 aliphatic rings. The van der Waals surface area contributed by atoms with Crippen molar-refractivity contribution in [1.82, 2.24) is 0 Å². The zero-order chi connectivity index (χ0) is 9.07. The van der Waals surface area contributed by atoms with Gasteiger partial charge in [-0.25, -0.2) is 0 Å². The fraction of sp³-hybridized carbons (Fsp3) is 0.455. The van der Waals surface area contributed by atoms with Gasteiger partial charge in [-0.3, -0.25) is 0 Å². The average Bonchev–Trinajstić information content (AvgIpc) is 2.18. The molecule has 1 radical (unpaired) electrons. The van der Waals surface area contributed by atoms with Crippen molar-refractivity contribution in [3.05, 3.63) is 36.4 Å². The minimum atomic E-state index is 0. The summed E-state index contributed by atoms with van der Waals surface area (Å²) in [4.78, 5) is 0. The molecule has 0 bridgehead atoms. The van der Waals surface area contributed by atoms with E-state index in [1.165, 1.54) is 6.42 Å². The first kappa shape index (κ1) is 15.5. The Hall–Kier alpha value is 0.0501. The van der Waals surface area contributed by atoms with Crippen LogP contribution in [0.2, 0.25) is 0 Å². The van der Waals surface area contributed by atoms with E-state index in [2.05, 4.69) is 13.0 Å². The van der Waals surface area contributed by atoms with Crippen LogP contribution in [0.1, 0.15) is 26.2 Å². The van der Waals surface area contributed by atoms with Crippen LogP contribution in [-0.2, 0) is 25.8 Å². The summed E-state index contributed by atoms with van der Waals surface area (Å²) < 4.78 is 0. The Morgan fingerprint density at radius 2 is 1.69 bits per heavy atom. The largest absolute Gasteiger partial charge is 0.396 e. The van der Waals surface area contributed by atoms with E-state index in [1.807, 2.05) is 30.3 Å². The van der Waals surface area contributed by atoms with Gasteiger partial charge in [0.25, 0.3) is 0 Å². The summed E-state index contributed by atoms with van der Waals surface area (Å²) in [6.45, 7) is 2.48. The van der Waals surface area contributed by atoms with Gasteiger partial charge in [0.15, 0.2) is 0 Å². The van der Waals surface area contributed by atoms with Gasteiger partial charge in [-0.05, 0) is 6.42 Å². The van der Waals surface area contributed by atoms with Gasteiger partial charge in [0, 0.05) is 32.5 Å². The summed E-state index contributed by atoms with van der Waals surface area (Å²) in [5.74, 6) is 0. The van der Waals surface area contributed by atoms with E-state index in [9.17, 15) is 0 Å². The van der Waals surface area contributed by atoms with Gasteiger partial charge in [0.05, 0.1) is 0 Å². The van der Waals surface area contributed by atoms with Crippen LogP contribution in [0, 0.1) is 6.07 Å². The Morgan fingerprint density at radius 3 is 1.85 bits per heavy atom. The number of hydrogen-bond acceptors (Lipinski definition) is 1. The number of rotatable bonds is 3. The molecule has 0 saturated heterocycles. The second-order valence-electron chi connectivity index (χ2n) is 2.51. The molecule has 1 nitrogen and oxygen atoms in total. The van der Waals surface area contributed by atoms with E-state index in [-0.39, 0.29) is 25.8 Å². The minimum absolute atomic E-state index is 0. The first-order chi connectivity index (χ1) is 5.91. The predicted octanol–water partition coefficient (Wildman–Crippen LogP) is 2.65. The van der Waals surface area contributed by atoms with E-state index in [1.54, 1.807) is 0 Å². The van der Waals surface area contributed by atoms with Crippen molar-refractivity contribution in [1.29, 1.82) is 0 Å². The topological polar surface area (TPSA) is 20.2 Å². The standard InChI is InChI=1S/C6H5.C5H12O.Sc/c1-2-4-6-5-3-1;1-2-3-4-5-6;/h1-5H;6H,2-5H2,1H3;/q-1;;. The Balaban J connectivity index is 0. The van der Waals surface area contributed by atoms with Gasteiger partial charge in [0.2, 0.25) is 0 Å². The molecule has 1 rings (SSSR count). The van der Waals surface area contributed by atoms with Gasteiger partial charge in [-0.2, -0.15) is 36.4 Å². The smallest absolute Gasteiger partial charge is 0.0431 e. The molecular weight excluding hydrogens is 193 g/mol. The molecule has 0 aromatic heterocycles. The fourth-order valence-corrected chi connectivity index (χ4v) is 0.704. The maximum Gasteiger partial charge on any atom is 0.0431 e. The van der Waals surface area contributed by atoms with Crippen LogP contribution < -0.4 is 0 Å². The number of aliphatic hydroxyl groups is 1. The van der Waals surface area contributed by atoms with E-state index in [4.69, 9.17) is 5.11 Å². The molecule has 0 heterocycles. The van der Waals surface area contributed by atoms with Crippen molar-refractivity contribution in [3.8, 4) is 0 Å². The first-order valence-electron chi connectivity index (χ1n) is 4.43. The number of unbranched alkanes of at least 4 members (excludes halogenated alkanes) is 2. The van der Waals surface area contributed by atoms with Gasteiger partial charge < -0.3 is 5.11 Å². The van der Waals surface area contributed by atoms with Crippen LogP contribution >= 0.6 is 0 Å². The van der Waals surface area contributed by atoms with Crippen molar-refractivity contribution >= 4 is 0 Å². The zero-order valence-electron chi connectivity index (χ0n) is 8.24. The van der Waals surface area contributed by atoms with E-state index in [0.717, 1.165) is 12.8 Å². The molecule has 0 saturated carbocycles. The number of aliphatic hydroxyl groups excluding tert-OH is 1. The molecule has 71 valence electrons. The van der Waals surface area contributed by atoms with Crippen molar-refractivity contribution < 1.29 is 30.9 Å². The molecule has 0 fully saturated rings. The van der Waals surface area contributed by atoms with Gasteiger partial charge >= 0.3 is 0 Å². The molecule has 0 aliphatic carbocycles. The Bertz CT molecular complexity index is 123. The summed E-state index contributed by atoms with van der Waals surface area (Å²) in [5.41, 5.74) is 0. The molecule has 0 spiro atoms. The van der Waals surface area contributed by atoms with Crippen LogP contribution in [0.4, 0.5) is 0 Å². The Kier molecular flexibility index (Phi) is 17.4. The molecular formula is C11H17OSc-. The van der Waals surface area contributed by atoms with Crippen LogP contribution in [0.15, 0.2) is 30.3 Å². The maximum absolute atomic E-state index is 8.20. The second kappa shape index (κ2) is 14.6. The van der Waals surface area contributed by atoms with Crippen LogP contribution in [-0.4, -0.2) is 11.7 Å². The third-order valence-electron chi connectivity index (χ3n) is 1.37. The monoisotopic (exact) mass is 210 g/mol. The van der Waals surface area contributed by atoms with Crippen LogP contribution in [0.25, 0.3) is 0 Å². The van der Waals surface area contributed by atoms with Gasteiger partial charge in [0.1, 0.15) is 0 Å². The summed E-state index contributed by atoms with van der Waals surface area (Å²) in [7, 11) is 0. The molecule has 1 N–H and O–H groups in total. The van der Waals surface area contributed by atoms with Crippen molar-refractivity contribution in [2.45, 2.75) is 26.2 Å². The molecule has 1 aromatic rings. The quantitative estimate of drug-likeness (QED) is 0.600. The summed E-state index contributed by atoms with van der Waals surface area (Å²) in [6, 6.07) is 12.5. The zero-order valence-corrected chi connectivity index (χ0v) is 10.0. The average molecular weight is 210 g/mol. The molecule has 0 unspecified atom stereocenters. The SMILES string of the molecule is CCCCCO.[Sc].[c-]1ccccc1. The van der Waals surface area contributed by atoms with E-state index >= 15 is 0 Å². The number of hydrogen-bond donors (Lipinski definition) is 1. The summed E-state index contributed by atoms with van der Waals surface area (Å²) in [5, 5.41) is 8.20. The predicted molar refractivity (Wildman–Crippen MR) is 51.9 cm³/mol. The molecule has 0 amide bonds. The molecule has 0 atom stereocenters. The van der Waals surface area contributed by atoms with Gasteiger partial charge in [-0.15, -0.1) is 0 Å². The normalized spacial score (nSPS) is 7.85. The summed E-state index contributed by atoms with van der Waals surface area (Å²) >= 11 is 0. The van der Waals surface area contributed by atoms with Crippen molar-refractivity contribution in [2.75, 3.05) is 6.61 Å². The van der Waals surface area contributed by atoms with E-state index < -0.39 is 0 Å². The molecule has 0 aliphatic heterocycles. The Morgan fingerprint density at radius 1 is 1.08 bits per heavy atom. The van der Waals surface area contributed by atoms with Gasteiger partial charge in [-0.1, -0.05) is 19.8 Å². The van der Waals surface area contributed by atoms with E-state index in [0.29, 0.717) is 6.61 Å². The Labute approximate surface area is 100.0 Å². The summed E-state index contributed by atoms with van der Waals surface area (Å²) in [6.07, 6.45) is 3.33. The van der Waals surface area contributed by atoms with Crippen molar-refractivity contribution in [3.63, 3.8) is 0 Å². The van der Waals surface area contributed by atoms with Crippen LogP contribution in [0.5, 0.6) is 0 Å². The molecule has 1 aromatic carbocycles. The molecule has 13 heavy (non-hydrogen) atoms. The third-order valence-corrected chi connectivity index (χ3v) is 1.37. The molecule has 2 heteroatoms. The minimum Gasteiger partial charge on any atom is -0.396 e. The second-order valence-corrected chi connectivity index (χ2v) is 2.51. The maximum atomic E-state index is 8.20. The van der Waals surface area contributed by atoms with Crippen molar-refractivity contribution in [2.24, 2.45) is 0 Å². The van der Waals surface area contributed by atoms with Crippen LogP contribution in [0.3, 0.4) is 0 Å². The third kappa shape index (κ3) is 14.9. The fourth-order valence-electron chi connectivity index (χ4n) is 0.704. The first-order valence-corrected chi connectivity index (χ1v) is 4.43.